The first-order chi connectivity index (χ1) is 15.9. The van der Waals surface area contributed by atoms with Gasteiger partial charge >= 0.3 is 11.8 Å². The number of ketones is 4. The maximum absolute atomic E-state index is 13.8. The molecule has 0 fully saturated rings. The average Bonchev–Trinajstić information content (AvgIpc) is 3.54. The molecule has 0 saturated carbocycles. The fourth-order valence-electron chi connectivity index (χ4n) is 4.23. The lowest BCUT2D eigenvalue weighted by molar-refractivity contribution is 0.0187. The van der Waals surface area contributed by atoms with Crippen molar-refractivity contribution in [3.8, 4) is 19.5 Å². The van der Waals surface area contributed by atoms with E-state index in [4.69, 9.17) is 0 Å². The number of thiophene rings is 4. The highest BCUT2D eigenvalue weighted by Gasteiger charge is 2.58. The number of alkyl halides is 4. The van der Waals surface area contributed by atoms with Gasteiger partial charge in [-0.15, -0.1) is 45.3 Å². The van der Waals surface area contributed by atoms with Crippen molar-refractivity contribution in [2.24, 2.45) is 0 Å². The molecule has 172 valence electrons. The molecular formula is C22H8F4O4S4. The molecule has 6 rings (SSSR count). The van der Waals surface area contributed by atoms with Gasteiger partial charge in [0.15, 0.2) is 0 Å². The predicted molar refractivity (Wildman–Crippen MR) is 123 cm³/mol. The largest absolute Gasteiger partial charge is 0.372 e. The minimum absolute atomic E-state index is 0.220. The lowest BCUT2D eigenvalue weighted by Crippen LogP contribution is -2.30. The van der Waals surface area contributed by atoms with Gasteiger partial charge in [-0.25, -0.2) is 0 Å². The summed E-state index contributed by atoms with van der Waals surface area (Å²) >= 11 is 4.42. The summed E-state index contributed by atoms with van der Waals surface area (Å²) in [5, 5.41) is 0. The summed E-state index contributed by atoms with van der Waals surface area (Å²) in [7, 11) is 0. The van der Waals surface area contributed by atoms with Crippen LogP contribution in [-0.2, 0) is 0 Å². The van der Waals surface area contributed by atoms with E-state index in [9.17, 15) is 36.7 Å². The standard InChI is InChI=1S/C22H8F4O4S4/c1-5-11-15(19(29)21(23,24)17(11)27)33-13(5)9-3-7-8(31-9)4-10(32-7)14-6(2)12-16(34-14)20(30)22(25,26)18(12)28/h3-4H,1-2H3. The van der Waals surface area contributed by atoms with Crippen LogP contribution in [-0.4, -0.2) is 35.0 Å². The number of hydrogen-bond donors (Lipinski definition) is 0. The molecule has 0 unspecified atom stereocenters. The van der Waals surface area contributed by atoms with Crippen LogP contribution in [0, 0.1) is 13.8 Å². The lowest BCUT2D eigenvalue weighted by Gasteiger charge is -2.05. The molecule has 0 radical (unpaired) electrons. The quantitative estimate of drug-likeness (QED) is 0.202. The van der Waals surface area contributed by atoms with Crippen LogP contribution in [0.2, 0.25) is 0 Å². The Balaban J connectivity index is 1.41. The number of carbonyl (C=O) groups excluding carboxylic acids is 4. The van der Waals surface area contributed by atoms with E-state index in [0.717, 1.165) is 32.1 Å². The van der Waals surface area contributed by atoms with E-state index in [1.165, 1.54) is 36.5 Å². The molecule has 2 aliphatic carbocycles. The van der Waals surface area contributed by atoms with Gasteiger partial charge in [-0.3, -0.25) is 19.2 Å². The van der Waals surface area contributed by atoms with E-state index in [1.54, 1.807) is 0 Å². The number of fused-ring (bicyclic) bond motifs is 3. The van der Waals surface area contributed by atoms with E-state index in [2.05, 4.69) is 0 Å². The zero-order valence-corrected chi connectivity index (χ0v) is 20.2. The highest BCUT2D eigenvalue weighted by Crippen LogP contribution is 2.51. The van der Waals surface area contributed by atoms with Crippen LogP contribution in [0.15, 0.2) is 12.1 Å². The normalized spacial score (nSPS) is 18.4. The van der Waals surface area contributed by atoms with Crippen molar-refractivity contribution in [1.29, 1.82) is 0 Å². The van der Waals surface area contributed by atoms with Gasteiger partial charge in [-0.05, 0) is 37.1 Å². The van der Waals surface area contributed by atoms with Crippen LogP contribution in [0.5, 0.6) is 0 Å². The minimum Gasteiger partial charge on any atom is -0.287 e. The van der Waals surface area contributed by atoms with Gasteiger partial charge in [0, 0.05) is 40.0 Å². The van der Waals surface area contributed by atoms with Crippen molar-refractivity contribution >= 4 is 77.9 Å². The molecule has 12 heteroatoms. The van der Waals surface area contributed by atoms with Gasteiger partial charge in [0.2, 0.25) is 11.6 Å². The van der Waals surface area contributed by atoms with Gasteiger partial charge in [0.25, 0.3) is 11.6 Å². The summed E-state index contributed by atoms with van der Waals surface area (Å²) in [5.41, 5.74) is 0.242. The lowest BCUT2D eigenvalue weighted by atomic mass is 10.1. The van der Waals surface area contributed by atoms with Crippen LogP contribution in [0.1, 0.15) is 51.2 Å². The molecule has 0 atom stereocenters. The fourth-order valence-corrected chi connectivity index (χ4v) is 9.49. The van der Waals surface area contributed by atoms with E-state index >= 15 is 0 Å². The van der Waals surface area contributed by atoms with Crippen LogP contribution in [0.3, 0.4) is 0 Å². The Morgan fingerprint density at radius 2 is 0.912 bits per heavy atom. The average molecular weight is 541 g/mol. The SMILES string of the molecule is Cc1c(-c2cc3sc(-c4sc5c(c4C)C(=O)C(F)(F)C5=O)cc3s2)sc2c1C(=O)C(F)(F)C2=O. The summed E-state index contributed by atoms with van der Waals surface area (Å²) in [4.78, 5) is 50.2. The second-order valence-corrected chi connectivity index (χ2v) is 12.1. The van der Waals surface area contributed by atoms with Gasteiger partial charge in [0.1, 0.15) is 0 Å². The third-order valence-electron chi connectivity index (χ3n) is 5.96. The van der Waals surface area contributed by atoms with E-state index in [0.29, 0.717) is 30.6 Å². The molecule has 4 heterocycles. The molecular weight excluding hydrogens is 532 g/mol. The highest BCUT2D eigenvalue weighted by molar-refractivity contribution is 7.33. The van der Waals surface area contributed by atoms with Crippen molar-refractivity contribution in [2.45, 2.75) is 25.7 Å². The van der Waals surface area contributed by atoms with Crippen molar-refractivity contribution in [3.63, 3.8) is 0 Å². The summed E-state index contributed by atoms with van der Waals surface area (Å²) < 4.78 is 56.9. The summed E-state index contributed by atoms with van der Waals surface area (Å²) in [6.45, 7) is 3.08. The Bertz CT molecular complexity index is 1510. The fraction of sp³-hybridized carbons (Fsp3) is 0.182. The molecule has 0 aromatic carbocycles. The Hall–Kier alpha value is -2.54. The molecule has 0 N–H and O–H groups in total. The Morgan fingerprint density at radius 3 is 1.24 bits per heavy atom. The zero-order chi connectivity index (χ0) is 24.5. The van der Waals surface area contributed by atoms with E-state index in [-0.39, 0.29) is 20.9 Å². The molecule has 4 aromatic rings. The van der Waals surface area contributed by atoms with E-state index in [1.807, 2.05) is 12.1 Å². The molecule has 0 saturated heterocycles. The van der Waals surface area contributed by atoms with Crippen LogP contribution in [0.25, 0.3) is 28.9 Å². The van der Waals surface area contributed by atoms with Gasteiger partial charge in [0.05, 0.1) is 9.75 Å². The smallest absolute Gasteiger partial charge is 0.287 e. The number of Topliss-reactive ketones (excluding diaryl/α,β-unsaturated/α-hetero) is 4. The number of carbonyl (C=O) groups is 4. The van der Waals surface area contributed by atoms with Crippen molar-refractivity contribution in [2.75, 3.05) is 0 Å². The van der Waals surface area contributed by atoms with Gasteiger partial charge in [-0.2, -0.15) is 17.6 Å². The molecule has 0 spiro atoms. The first-order valence-corrected chi connectivity index (χ1v) is 12.9. The molecule has 0 bridgehead atoms. The third-order valence-corrected chi connectivity index (χ3v) is 11.2. The first-order valence-electron chi connectivity index (χ1n) is 9.61. The van der Waals surface area contributed by atoms with Crippen LogP contribution in [0.4, 0.5) is 17.6 Å². The highest BCUT2D eigenvalue weighted by atomic mass is 32.1. The minimum atomic E-state index is -4.01. The molecule has 4 aromatic heterocycles. The van der Waals surface area contributed by atoms with Crippen LogP contribution >= 0.6 is 45.3 Å². The van der Waals surface area contributed by atoms with Crippen molar-refractivity contribution in [3.05, 3.63) is 44.1 Å². The molecule has 34 heavy (non-hydrogen) atoms. The Morgan fingerprint density at radius 1 is 0.559 bits per heavy atom. The van der Waals surface area contributed by atoms with Crippen molar-refractivity contribution < 1.29 is 36.7 Å². The Kier molecular flexibility index (Phi) is 4.24. The summed E-state index contributed by atoms with van der Waals surface area (Å²) in [6.07, 6.45) is 0. The second kappa shape index (κ2) is 6.56. The van der Waals surface area contributed by atoms with Gasteiger partial charge < -0.3 is 0 Å². The first kappa shape index (κ1) is 22.0. The monoisotopic (exact) mass is 540 g/mol. The summed E-state index contributed by atoms with van der Waals surface area (Å²) in [5.74, 6) is -13.9. The third kappa shape index (κ3) is 2.51. The maximum Gasteiger partial charge on any atom is 0.372 e. The number of rotatable bonds is 2. The summed E-state index contributed by atoms with van der Waals surface area (Å²) in [6, 6.07) is 3.63. The zero-order valence-electron chi connectivity index (χ0n) is 16.9. The second-order valence-electron chi connectivity index (χ2n) is 7.94. The Labute approximate surface area is 203 Å². The van der Waals surface area contributed by atoms with E-state index < -0.39 is 35.0 Å². The molecule has 0 amide bonds. The molecule has 0 aliphatic heterocycles. The van der Waals surface area contributed by atoms with Crippen LogP contribution < -0.4 is 0 Å². The maximum atomic E-state index is 13.8. The number of hydrogen-bond acceptors (Lipinski definition) is 8. The number of halogens is 4. The molecule has 2 aliphatic rings. The predicted octanol–water partition coefficient (Wildman–Crippen LogP) is 7.07. The molecule has 4 nitrogen and oxygen atoms in total. The van der Waals surface area contributed by atoms with Gasteiger partial charge in [-0.1, -0.05) is 0 Å². The van der Waals surface area contributed by atoms with Crippen molar-refractivity contribution in [1.82, 2.24) is 0 Å². The topological polar surface area (TPSA) is 68.3 Å².